The molecule has 0 fully saturated rings. The van der Waals surface area contributed by atoms with E-state index in [1.807, 2.05) is 0 Å². The molecule has 3 aliphatic carbocycles. The molecule has 11 rings (SSSR count). The maximum Gasteiger partial charge on any atom is 0.0630 e. The first-order chi connectivity index (χ1) is 26.1. The summed E-state index contributed by atoms with van der Waals surface area (Å²) in [5.74, 6) is 0.240. The van der Waals surface area contributed by atoms with Crippen LogP contribution in [0, 0.1) is 0 Å². The van der Waals surface area contributed by atoms with Crippen molar-refractivity contribution in [3.63, 3.8) is 0 Å². The molecular formula is C51H40N2. The molecule has 0 N–H and O–H groups in total. The van der Waals surface area contributed by atoms with Crippen LogP contribution in [-0.2, 0) is 5.41 Å². The fourth-order valence-corrected chi connectivity index (χ4v) is 10.1. The van der Waals surface area contributed by atoms with E-state index in [-0.39, 0.29) is 17.4 Å². The normalized spacial score (nSPS) is 19.4. The molecule has 7 aromatic rings. The van der Waals surface area contributed by atoms with Gasteiger partial charge >= 0.3 is 0 Å². The molecule has 1 aliphatic heterocycles. The van der Waals surface area contributed by atoms with Crippen LogP contribution in [0.1, 0.15) is 54.9 Å². The van der Waals surface area contributed by atoms with Gasteiger partial charge < -0.3 is 9.47 Å². The van der Waals surface area contributed by atoms with Crippen molar-refractivity contribution in [2.45, 2.75) is 44.1 Å². The van der Waals surface area contributed by atoms with E-state index in [9.17, 15) is 0 Å². The highest BCUT2D eigenvalue weighted by atomic mass is 15.2. The summed E-state index contributed by atoms with van der Waals surface area (Å²) in [6.45, 7) is 4.81. The predicted molar refractivity (Wildman–Crippen MR) is 223 cm³/mol. The molecule has 0 radical (unpaired) electrons. The van der Waals surface area contributed by atoms with Crippen molar-refractivity contribution in [1.29, 1.82) is 0 Å². The Morgan fingerprint density at radius 2 is 1.38 bits per heavy atom. The van der Waals surface area contributed by atoms with E-state index in [2.05, 4.69) is 193 Å². The third-order valence-corrected chi connectivity index (χ3v) is 12.5. The summed E-state index contributed by atoms with van der Waals surface area (Å²) in [5, 5.41) is 2.57. The number of hydrogen-bond donors (Lipinski definition) is 0. The lowest BCUT2D eigenvalue weighted by molar-refractivity contribution is 0.607. The monoisotopic (exact) mass is 680 g/mol. The summed E-state index contributed by atoms with van der Waals surface area (Å²) in [6.07, 6.45) is 14.4. The van der Waals surface area contributed by atoms with Crippen LogP contribution in [0.2, 0.25) is 0 Å². The van der Waals surface area contributed by atoms with Gasteiger partial charge in [0.05, 0.1) is 17.1 Å². The molecule has 4 aliphatic rings. The largest absolute Gasteiger partial charge is 0.333 e. The van der Waals surface area contributed by atoms with Gasteiger partial charge in [-0.25, -0.2) is 0 Å². The van der Waals surface area contributed by atoms with Crippen LogP contribution in [0.5, 0.6) is 0 Å². The quantitative estimate of drug-likeness (QED) is 0.180. The summed E-state index contributed by atoms with van der Waals surface area (Å²) in [7, 11) is 0. The molecule has 0 amide bonds. The third-order valence-electron chi connectivity index (χ3n) is 12.5. The first-order valence-corrected chi connectivity index (χ1v) is 19.1. The molecule has 1 aromatic heterocycles. The van der Waals surface area contributed by atoms with E-state index in [0.29, 0.717) is 0 Å². The van der Waals surface area contributed by atoms with Gasteiger partial charge in [0.2, 0.25) is 0 Å². The van der Waals surface area contributed by atoms with Gasteiger partial charge in [0, 0.05) is 39.2 Å². The minimum atomic E-state index is 0.0793. The van der Waals surface area contributed by atoms with Crippen LogP contribution in [0.25, 0.3) is 49.8 Å². The van der Waals surface area contributed by atoms with Crippen molar-refractivity contribution in [1.82, 2.24) is 4.57 Å². The zero-order chi connectivity index (χ0) is 35.3. The zero-order valence-electron chi connectivity index (χ0n) is 30.1. The van der Waals surface area contributed by atoms with Gasteiger partial charge in [0.1, 0.15) is 0 Å². The number of aromatic nitrogens is 1. The van der Waals surface area contributed by atoms with Gasteiger partial charge in [-0.15, -0.1) is 0 Å². The molecule has 6 aromatic carbocycles. The minimum Gasteiger partial charge on any atom is -0.333 e. The highest BCUT2D eigenvalue weighted by Gasteiger charge is 2.41. The molecule has 2 heterocycles. The summed E-state index contributed by atoms with van der Waals surface area (Å²) in [6, 6.07) is 51.9. The first-order valence-electron chi connectivity index (χ1n) is 19.1. The Morgan fingerprint density at radius 1 is 0.623 bits per heavy atom. The maximum atomic E-state index is 2.59. The number of fused-ring (bicyclic) bond motifs is 8. The Morgan fingerprint density at radius 3 is 2.28 bits per heavy atom. The number of allylic oxidation sites excluding steroid dienone is 6. The van der Waals surface area contributed by atoms with Gasteiger partial charge in [-0.2, -0.15) is 0 Å². The number of rotatable bonds is 4. The van der Waals surface area contributed by atoms with Crippen molar-refractivity contribution in [3.05, 3.63) is 198 Å². The molecule has 2 unspecified atom stereocenters. The van der Waals surface area contributed by atoms with Gasteiger partial charge in [-0.3, -0.25) is 0 Å². The van der Waals surface area contributed by atoms with Crippen molar-refractivity contribution >= 4 is 44.3 Å². The van der Waals surface area contributed by atoms with Crippen LogP contribution in [-0.4, -0.2) is 10.6 Å². The van der Waals surface area contributed by atoms with Crippen LogP contribution >= 0.6 is 0 Å². The highest BCUT2D eigenvalue weighted by Crippen LogP contribution is 2.54. The maximum absolute atomic E-state index is 2.59. The van der Waals surface area contributed by atoms with Crippen LogP contribution in [0.4, 0.5) is 11.4 Å². The van der Waals surface area contributed by atoms with Crippen LogP contribution < -0.4 is 4.90 Å². The number of anilines is 2. The first kappa shape index (κ1) is 30.5. The summed E-state index contributed by atoms with van der Waals surface area (Å²) in [5.41, 5.74) is 18.7. The molecule has 0 saturated heterocycles. The molecule has 2 atom stereocenters. The van der Waals surface area contributed by atoms with Gasteiger partial charge in [-0.05, 0) is 99.8 Å². The zero-order valence-corrected chi connectivity index (χ0v) is 30.1. The lowest BCUT2D eigenvalue weighted by Gasteiger charge is -2.31. The molecule has 0 spiro atoms. The average molecular weight is 681 g/mol. The molecule has 53 heavy (non-hydrogen) atoms. The molecule has 2 nitrogen and oxygen atoms in total. The van der Waals surface area contributed by atoms with Crippen LogP contribution in [0.15, 0.2) is 175 Å². The third kappa shape index (κ3) is 4.39. The fraction of sp³-hybridized carbons (Fsp3) is 0.137. The van der Waals surface area contributed by atoms with Crippen molar-refractivity contribution in [2.24, 2.45) is 0 Å². The average Bonchev–Trinajstić information content (AvgIpc) is 3.81. The second kappa shape index (κ2) is 11.4. The van der Waals surface area contributed by atoms with Gasteiger partial charge in [-0.1, -0.05) is 147 Å². The molecular weight excluding hydrogens is 641 g/mol. The van der Waals surface area contributed by atoms with Crippen LogP contribution in [0.3, 0.4) is 0 Å². The molecule has 0 bridgehead atoms. The predicted octanol–water partition coefficient (Wildman–Crippen LogP) is 13.1. The molecule has 254 valence electrons. The standard InChI is InChI=1S/C51H40N2/c1-51(2)44-23-11-8-19-38(44)42-32-35(28-29-45(42)51)53-46-24-12-9-20-39(46)43-31-33(27-30-48(43)53)36-17-6-7-18-37(36)40-22-14-26-49-50(40)41-21-10-13-25-47(41)52(49)34-15-4-3-5-16-34/h3-10,12-22,24-32,43,48H,11,23H2,1-2H3. The molecule has 0 saturated carbocycles. The Kier molecular flexibility index (Phi) is 6.58. The van der Waals surface area contributed by atoms with E-state index >= 15 is 0 Å². The fourth-order valence-electron chi connectivity index (χ4n) is 10.1. The SMILES string of the molecule is CC1(C)C2=C(C=CCC2)c2cc(N3c4ccccc4C4C=C(c5ccccc5-c5cccc6c5c5ccccc5n6-c5ccccc5)C=CC43)ccc21. The number of para-hydroxylation sites is 3. The van der Waals surface area contributed by atoms with E-state index in [0.717, 1.165) is 12.8 Å². The van der Waals surface area contributed by atoms with E-state index in [1.165, 1.54) is 83.4 Å². The second-order valence-corrected chi connectivity index (χ2v) is 15.5. The van der Waals surface area contributed by atoms with Gasteiger partial charge in [0.15, 0.2) is 0 Å². The van der Waals surface area contributed by atoms with E-state index in [4.69, 9.17) is 0 Å². The van der Waals surface area contributed by atoms with Crippen molar-refractivity contribution < 1.29 is 0 Å². The smallest absolute Gasteiger partial charge is 0.0630 e. The number of hydrogen-bond acceptors (Lipinski definition) is 1. The summed E-state index contributed by atoms with van der Waals surface area (Å²) in [4.78, 5) is 2.59. The van der Waals surface area contributed by atoms with E-state index in [1.54, 1.807) is 5.57 Å². The Labute approximate surface area is 311 Å². The highest BCUT2D eigenvalue weighted by molar-refractivity contribution is 6.16. The van der Waals surface area contributed by atoms with Crippen molar-refractivity contribution in [2.75, 3.05) is 4.90 Å². The lowest BCUT2D eigenvalue weighted by Crippen LogP contribution is -2.29. The number of benzene rings is 6. The Bertz CT molecular complexity index is 2770. The Balaban J connectivity index is 1.03. The molecule has 2 heteroatoms. The lowest BCUT2D eigenvalue weighted by atomic mass is 9.78. The topological polar surface area (TPSA) is 8.17 Å². The number of nitrogens with zero attached hydrogens (tertiary/aromatic N) is 2. The second-order valence-electron chi connectivity index (χ2n) is 15.5. The van der Waals surface area contributed by atoms with Crippen molar-refractivity contribution in [3.8, 4) is 16.8 Å². The minimum absolute atomic E-state index is 0.0793. The summed E-state index contributed by atoms with van der Waals surface area (Å²) >= 11 is 0. The van der Waals surface area contributed by atoms with Gasteiger partial charge in [0.25, 0.3) is 0 Å². The van der Waals surface area contributed by atoms with E-state index < -0.39 is 0 Å². The Hall–Kier alpha value is -6.12. The summed E-state index contributed by atoms with van der Waals surface area (Å²) < 4.78 is 2.41.